The minimum Gasteiger partial charge on any atom is -0.320 e. The first kappa shape index (κ1) is 19.2. The molecule has 3 aliphatic rings. The van der Waals surface area contributed by atoms with Crippen LogP contribution in [0.1, 0.15) is 43.5 Å². The molecule has 1 saturated carbocycles. The quantitative estimate of drug-likeness (QED) is 0.744. The summed E-state index contributed by atoms with van der Waals surface area (Å²) in [6.45, 7) is 6.12. The first-order valence-corrected chi connectivity index (χ1v) is 12.1. The SMILES string of the molecule is O=C(C[NH+]1CC[NH+](Cc2nc3ccccc3s2)CC1)N(C1=CCCCC1)C1CC1. The van der Waals surface area contributed by atoms with Gasteiger partial charge in [-0.3, -0.25) is 4.79 Å². The molecule has 0 unspecified atom stereocenters. The van der Waals surface area contributed by atoms with E-state index in [0.717, 1.165) is 51.1 Å². The number of carbonyl (C=O) groups is 1. The number of hydrogen-bond donors (Lipinski definition) is 2. The zero-order chi connectivity index (χ0) is 19.6. The zero-order valence-electron chi connectivity index (χ0n) is 17.2. The second-order valence-corrected chi connectivity index (χ2v) is 9.98. The number of fused-ring (bicyclic) bond motifs is 1. The van der Waals surface area contributed by atoms with Gasteiger partial charge in [-0.2, -0.15) is 0 Å². The Kier molecular flexibility index (Phi) is 5.66. The highest BCUT2D eigenvalue weighted by atomic mass is 32.1. The number of allylic oxidation sites excluding steroid dienone is 2. The largest absolute Gasteiger partial charge is 0.320 e. The average molecular weight is 413 g/mol. The van der Waals surface area contributed by atoms with Gasteiger partial charge in [0.25, 0.3) is 5.91 Å². The molecule has 2 heterocycles. The Labute approximate surface area is 177 Å². The second-order valence-electron chi connectivity index (χ2n) is 8.87. The Hall–Kier alpha value is -1.76. The van der Waals surface area contributed by atoms with Gasteiger partial charge < -0.3 is 14.7 Å². The molecular formula is C23H32N4OS+2. The maximum absolute atomic E-state index is 13.1. The lowest BCUT2D eigenvalue weighted by Gasteiger charge is -2.32. The Morgan fingerprint density at radius 3 is 2.62 bits per heavy atom. The molecule has 2 N–H and O–H groups in total. The lowest BCUT2D eigenvalue weighted by atomic mass is 10.0. The molecule has 0 atom stereocenters. The van der Waals surface area contributed by atoms with Gasteiger partial charge >= 0.3 is 0 Å². The van der Waals surface area contributed by atoms with E-state index in [1.54, 1.807) is 4.90 Å². The standard InChI is InChI=1S/C23H30N4OS/c28-23(27(19-10-11-19)18-6-2-1-3-7-18)17-26-14-12-25(13-15-26)16-22-24-20-8-4-5-9-21(20)29-22/h4-6,8-9,19H,1-3,7,10-17H2/p+2. The third kappa shape index (κ3) is 4.55. The number of para-hydroxylation sites is 1. The molecule has 1 amide bonds. The summed E-state index contributed by atoms with van der Waals surface area (Å²) in [5.74, 6) is 0.366. The number of hydrogen-bond acceptors (Lipinski definition) is 3. The first-order chi connectivity index (χ1) is 14.3. The fourth-order valence-corrected chi connectivity index (χ4v) is 5.83. The molecule has 2 aliphatic carbocycles. The molecule has 0 radical (unpaired) electrons. The highest BCUT2D eigenvalue weighted by Gasteiger charge is 2.37. The molecule has 1 aromatic heterocycles. The van der Waals surface area contributed by atoms with Crippen LogP contribution in [0.3, 0.4) is 0 Å². The van der Waals surface area contributed by atoms with Crippen molar-refractivity contribution < 1.29 is 14.6 Å². The van der Waals surface area contributed by atoms with Gasteiger partial charge in [0.2, 0.25) is 0 Å². The summed E-state index contributed by atoms with van der Waals surface area (Å²) in [7, 11) is 0. The van der Waals surface area contributed by atoms with Gasteiger partial charge in [-0.05, 0) is 50.7 Å². The molecule has 29 heavy (non-hydrogen) atoms. The molecule has 2 fully saturated rings. The van der Waals surface area contributed by atoms with Gasteiger partial charge in [-0.15, -0.1) is 11.3 Å². The number of nitrogens with one attached hydrogen (secondary N) is 2. The van der Waals surface area contributed by atoms with Gasteiger partial charge in [-0.25, -0.2) is 4.98 Å². The van der Waals surface area contributed by atoms with Crippen LogP contribution in [0.15, 0.2) is 36.0 Å². The van der Waals surface area contributed by atoms with E-state index in [2.05, 4.69) is 35.2 Å². The number of rotatable bonds is 6. The van der Waals surface area contributed by atoms with Crippen molar-refractivity contribution in [3.05, 3.63) is 41.0 Å². The predicted molar refractivity (Wildman–Crippen MR) is 116 cm³/mol. The number of aromatic nitrogens is 1. The number of nitrogens with zero attached hydrogens (tertiary/aromatic N) is 2. The highest BCUT2D eigenvalue weighted by molar-refractivity contribution is 7.18. The highest BCUT2D eigenvalue weighted by Crippen LogP contribution is 2.33. The fourth-order valence-electron chi connectivity index (χ4n) is 4.79. The van der Waals surface area contributed by atoms with Crippen LogP contribution in [0, 0.1) is 0 Å². The molecule has 154 valence electrons. The third-order valence-corrected chi connectivity index (χ3v) is 7.60. The topological polar surface area (TPSA) is 42.1 Å². The monoisotopic (exact) mass is 412 g/mol. The van der Waals surface area contributed by atoms with Gasteiger partial charge in [0.15, 0.2) is 6.54 Å². The summed E-state index contributed by atoms with van der Waals surface area (Å²) < 4.78 is 1.29. The molecule has 5 nitrogen and oxygen atoms in total. The Bertz CT molecular complexity index is 862. The van der Waals surface area contributed by atoms with E-state index in [1.807, 2.05) is 11.3 Å². The first-order valence-electron chi connectivity index (χ1n) is 11.3. The van der Waals surface area contributed by atoms with E-state index in [9.17, 15) is 4.79 Å². The minimum atomic E-state index is 0.366. The van der Waals surface area contributed by atoms with Crippen LogP contribution in [0.25, 0.3) is 10.2 Å². The van der Waals surface area contributed by atoms with Crippen molar-refractivity contribution in [1.82, 2.24) is 9.88 Å². The summed E-state index contributed by atoms with van der Waals surface area (Å²) in [5, 5.41) is 1.24. The van der Waals surface area contributed by atoms with Crippen molar-refractivity contribution >= 4 is 27.5 Å². The molecule has 1 aliphatic heterocycles. The van der Waals surface area contributed by atoms with Gasteiger partial charge in [0.1, 0.15) is 37.7 Å². The second kappa shape index (κ2) is 8.54. The number of quaternary nitrogens is 2. The Balaban J connectivity index is 1.14. The zero-order valence-corrected chi connectivity index (χ0v) is 18.0. The van der Waals surface area contributed by atoms with E-state index in [0.29, 0.717) is 18.5 Å². The van der Waals surface area contributed by atoms with Crippen LogP contribution in [0.2, 0.25) is 0 Å². The van der Waals surface area contributed by atoms with E-state index in [-0.39, 0.29) is 0 Å². The number of piperazine rings is 1. The predicted octanol–water partition coefficient (Wildman–Crippen LogP) is 1.03. The lowest BCUT2D eigenvalue weighted by molar-refractivity contribution is -1.02. The van der Waals surface area contributed by atoms with Crippen LogP contribution in [-0.4, -0.2) is 54.6 Å². The van der Waals surface area contributed by atoms with Gasteiger partial charge in [0, 0.05) is 11.7 Å². The third-order valence-electron chi connectivity index (χ3n) is 6.56. The van der Waals surface area contributed by atoms with Crippen molar-refractivity contribution in [3.63, 3.8) is 0 Å². The Morgan fingerprint density at radius 1 is 1.10 bits per heavy atom. The maximum atomic E-state index is 13.1. The fraction of sp³-hybridized carbons (Fsp3) is 0.565. The van der Waals surface area contributed by atoms with Crippen LogP contribution in [-0.2, 0) is 11.3 Å². The number of carbonyl (C=O) groups excluding carboxylic acids is 1. The van der Waals surface area contributed by atoms with Gasteiger partial charge in [0.05, 0.1) is 10.2 Å². The summed E-state index contributed by atoms with van der Waals surface area (Å²) in [5.41, 5.74) is 2.45. The normalized spacial score (nSPS) is 25.0. The van der Waals surface area contributed by atoms with Crippen molar-refractivity contribution in [2.75, 3.05) is 32.7 Å². The van der Waals surface area contributed by atoms with Crippen molar-refractivity contribution in [1.29, 1.82) is 0 Å². The summed E-state index contributed by atoms with van der Waals surface area (Å²) >= 11 is 1.83. The molecule has 1 aromatic carbocycles. The van der Waals surface area contributed by atoms with Crippen LogP contribution in [0.5, 0.6) is 0 Å². The number of amides is 1. The molecule has 1 saturated heterocycles. The molecular weight excluding hydrogens is 380 g/mol. The van der Waals surface area contributed by atoms with Crippen molar-refractivity contribution in [2.24, 2.45) is 0 Å². The number of benzene rings is 1. The molecule has 5 rings (SSSR count). The smallest absolute Gasteiger partial charge is 0.282 e. The summed E-state index contributed by atoms with van der Waals surface area (Å²) in [6, 6.07) is 8.91. The molecule has 6 heteroatoms. The average Bonchev–Trinajstić information content (AvgIpc) is 3.48. The van der Waals surface area contributed by atoms with Crippen LogP contribution in [0.4, 0.5) is 0 Å². The summed E-state index contributed by atoms with van der Waals surface area (Å²) in [6.07, 6.45) is 9.47. The lowest BCUT2D eigenvalue weighted by Crippen LogP contribution is -3.28. The maximum Gasteiger partial charge on any atom is 0.282 e. The van der Waals surface area contributed by atoms with E-state index < -0.39 is 0 Å². The number of thiazole rings is 1. The molecule has 0 spiro atoms. The Morgan fingerprint density at radius 2 is 1.90 bits per heavy atom. The van der Waals surface area contributed by atoms with Crippen molar-refractivity contribution in [2.45, 2.75) is 51.1 Å². The molecule has 0 bridgehead atoms. The van der Waals surface area contributed by atoms with Gasteiger partial charge in [-0.1, -0.05) is 18.2 Å². The summed E-state index contributed by atoms with van der Waals surface area (Å²) in [4.78, 5) is 23.2. The molecule has 2 aromatic rings. The van der Waals surface area contributed by atoms with E-state index in [4.69, 9.17) is 4.98 Å². The van der Waals surface area contributed by atoms with E-state index in [1.165, 1.54) is 46.0 Å². The minimum absolute atomic E-state index is 0.366. The van der Waals surface area contributed by atoms with Crippen LogP contribution >= 0.6 is 11.3 Å². The van der Waals surface area contributed by atoms with Crippen LogP contribution < -0.4 is 9.80 Å². The van der Waals surface area contributed by atoms with E-state index >= 15 is 0 Å². The van der Waals surface area contributed by atoms with Crippen molar-refractivity contribution in [3.8, 4) is 0 Å².